The van der Waals surface area contributed by atoms with E-state index in [4.69, 9.17) is 0 Å². The number of hydrogen-bond acceptors (Lipinski definition) is 3. The summed E-state index contributed by atoms with van der Waals surface area (Å²) in [4.78, 5) is 31.4. The van der Waals surface area contributed by atoms with Gasteiger partial charge >= 0.3 is 12.2 Å². The lowest BCUT2D eigenvalue weighted by atomic mass is 9.85. The van der Waals surface area contributed by atoms with Crippen molar-refractivity contribution in [2.45, 2.75) is 57.2 Å². The van der Waals surface area contributed by atoms with E-state index in [1.54, 1.807) is 4.90 Å². The third-order valence-corrected chi connectivity index (χ3v) is 7.67. The minimum atomic E-state index is -5.03. The number of aromatic amines is 1. The SMILES string of the molecule is O=C(c1n[nH]c2c1CN(C(=O)N1CCCCC1)CC2)N1CCC(c2ccc(F)c(F)c2C(F)(F)F)CC1. The monoisotopic (exact) mass is 525 g/mol. The quantitative estimate of drug-likeness (QED) is 0.579. The lowest BCUT2D eigenvalue weighted by molar-refractivity contribution is -0.141. The molecule has 12 heteroatoms. The van der Waals surface area contributed by atoms with Gasteiger partial charge < -0.3 is 14.7 Å². The number of amides is 3. The van der Waals surface area contributed by atoms with Gasteiger partial charge in [0.15, 0.2) is 17.3 Å². The summed E-state index contributed by atoms with van der Waals surface area (Å²) in [6.07, 6.45) is -1.07. The maximum atomic E-state index is 14.1. The largest absolute Gasteiger partial charge is 0.419 e. The predicted octanol–water partition coefficient (Wildman–Crippen LogP) is 4.69. The summed E-state index contributed by atoms with van der Waals surface area (Å²) in [5, 5.41) is 7.12. The van der Waals surface area contributed by atoms with Crippen LogP contribution in [0.2, 0.25) is 0 Å². The van der Waals surface area contributed by atoms with E-state index in [2.05, 4.69) is 10.2 Å². The van der Waals surface area contributed by atoms with Crippen molar-refractivity contribution < 1.29 is 31.5 Å². The number of urea groups is 1. The smallest absolute Gasteiger partial charge is 0.337 e. The van der Waals surface area contributed by atoms with Gasteiger partial charge in [0.25, 0.3) is 5.91 Å². The molecule has 37 heavy (non-hydrogen) atoms. The lowest BCUT2D eigenvalue weighted by Gasteiger charge is -2.35. The Morgan fingerprint density at radius 2 is 1.62 bits per heavy atom. The highest BCUT2D eigenvalue weighted by molar-refractivity contribution is 5.94. The van der Waals surface area contributed by atoms with Crippen LogP contribution in [0, 0.1) is 11.6 Å². The van der Waals surface area contributed by atoms with Crippen LogP contribution < -0.4 is 0 Å². The zero-order chi connectivity index (χ0) is 26.3. The molecule has 0 atom stereocenters. The maximum absolute atomic E-state index is 14.1. The van der Waals surface area contributed by atoms with E-state index < -0.39 is 29.3 Å². The van der Waals surface area contributed by atoms with Gasteiger partial charge in [0.05, 0.1) is 12.1 Å². The van der Waals surface area contributed by atoms with Gasteiger partial charge in [-0.25, -0.2) is 13.6 Å². The second-order valence-electron chi connectivity index (χ2n) is 9.92. The highest BCUT2D eigenvalue weighted by Gasteiger charge is 2.41. The third-order valence-electron chi connectivity index (χ3n) is 7.67. The second-order valence-corrected chi connectivity index (χ2v) is 9.92. The topological polar surface area (TPSA) is 72.5 Å². The molecule has 1 aromatic carbocycles. The number of fused-ring (bicyclic) bond motifs is 1. The Hall–Kier alpha value is -3.18. The highest BCUT2D eigenvalue weighted by Crippen LogP contribution is 2.41. The Morgan fingerprint density at radius 1 is 0.919 bits per heavy atom. The Bertz CT molecular complexity index is 1180. The van der Waals surface area contributed by atoms with Crippen molar-refractivity contribution in [2.24, 2.45) is 0 Å². The summed E-state index contributed by atoms with van der Waals surface area (Å²) in [6, 6.07) is 1.66. The molecule has 7 nitrogen and oxygen atoms in total. The molecule has 5 rings (SSSR count). The first-order valence-corrected chi connectivity index (χ1v) is 12.6. The molecular weight excluding hydrogens is 497 g/mol. The number of benzene rings is 1. The molecule has 3 amide bonds. The molecule has 1 N–H and O–H groups in total. The fraction of sp³-hybridized carbons (Fsp3) is 0.560. The predicted molar refractivity (Wildman–Crippen MR) is 123 cm³/mol. The van der Waals surface area contributed by atoms with Crippen molar-refractivity contribution in [1.82, 2.24) is 24.9 Å². The average molecular weight is 526 g/mol. The number of rotatable bonds is 2. The number of nitrogens with one attached hydrogen (secondary N) is 1. The van der Waals surface area contributed by atoms with Crippen molar-refractivity contribution in [3.8, 4) is 0 Å². The molecule has 3 aliphatic rings. The molecule has 0 bridgehead atoms. The molecular formula is C25H28F5N5O2. The third kappa shape index (κ3) is 4.89. The molecule has 0 aliphatic carbocycles. The zero-order valence-electron chi connectivity index (χ0n) is 20.2. The summed E-state index contributed by atoms with van der Waals surface area (Å²) in [5.41, 5.74) is -0.172. The molecule has 0 radical (unpaired) electrons. The van der Waals surface area contributed by atoms with Crippen LogP contribution >= 0.6 is 0 Å². The summed E-state index contributed by atoms with van der Waals surface area (Å²) >= 11 is 0. The first-order valence-electron chi connectivity index (χ1n) is 12.6. The maximum Gasteiger partial charge on any atom is 0.419 e. The Kier molecular flexibility index (Phi) is 6.84. The van der Waals surface area contributed by atoms with Gasteiger partial charge in [0, 0.05) is 50.4 Å². The van der Waals surface area contributed by atoms with Crippen LogP contribution in [0.4, 0.5) is 26.7 Å². The number of hydrogen-bond donors (Lipinski definition) is 1. The van der Waals surface area contributed by atoms with Crippen LogP contribution in [-0.2, 0) is 19.1 Å². The molecule has 200 valence electrons. The number of H-pyrrole nitrogens is 1. The van der Waals surface area contributed by atoms with Crippen molar-refractivity contribution in [3.05, 3.63) is 51.8 Å². The van der Waals surface area contributed by atoms with Crippen molar-refractivity contribution >= 4 is 11.9 Å². The first-order chi connectivity index (χ1) is 17.6. The summed E-state index contributed by atoms with van der Waals surface area (Å²) in [7, 11) is 0. The molecule has 3 aliphatic heterocycles. The van der Waals surface area contributed by atoms with Gasteiger partial charge in [-0.15, -0.1) is 0 Å². The number of piperidine rings is 2. The average Bonchev–Trinajstić information content (AvgIpc) is 3.32. The van der Waals surface area contributed by atoms with E-state index in [-0.39, 0.29) is 55.7 Å². The van der Waals surface area contributed by atoms with E-state index in [1.165, 1.54) is 4.90 Å². The summed E-state index contributed by atoms with van der Waals surface area (Å²) < 4.78 is 68.1. The van der Waals surface area contributed by atoms with Crippen LogP contribution in [-0.4, -0.2) is 69.6 Å². The minimum absolute atomic E-state index is 0.0437. The standard InChI is InChI=1S/C25H28F5N5O2/c26-18-5-4-16(20(21(18)27)25(28,29)30)15-6-11-33(12-7-15)23(36)22-17-14-35(13-8-19(17)31-32-22)24(37)34-9-2-1-3-10-34/h4-5,15H,1-3,6-14H2,(H,31,32). The van der Waals surface area contributed by atoms with Gasteiger partial charge in [0.2, 0.25) is 0 Å². The fourth-order valence-electron chi connectivity index (χ4n) is 5.66. The van der Waals surface area contributed by atoms with Gasteiger partial charge in [-0.1, -0.05) is 6.07 Å². The van der Waals surface area contributed by atoms with E-state index in [0.29, 0.717) is 24.6 Å². The number of nitrogens with zero attached hydrogens (tertiary/aromatic N) is 4. The number of likely N-dealkylation sites (tertiary alicyclic amines) is 2. The Balaban J connectivity index is 1.28. The summed E-state index contributed by atoms with van der Waals surface area (Å²) in [6.45, 7) is 2.54. The number of alkyl halides is 3. The molecule has 0 spiro atoms. The van der Waals surface area contributed by atoms with E-state index in [9.17, 15) is 31.5 Å². The molecule has 1 aromatic heterocycles. The van der Waals surface area contributed by atoms with Gasteiger partial charge in [-0.3, -0.25) is 9.89 Å². The Morgan fingerprint density at radius 3 is 2.30 bits per heavy atom. The van der Waals surface area contributed by atoms with Crippen LogP contribution in [0.5, 0.6) is 0 Å². The molecule has 2 fully saturated rings. The van der Waals surface area contributed by atoms with Gasteiger partial charge in [-0.2, -0.15) is 18.3 Å². The number of halogens is 5. The van der Waals surface area contributed by atoms with Crippen molar-refractivity contribution in [2.75, 3.05) is 32.7 Å². The number of carbonyl (C=O) groups excluding carboxylic acids is 2. The van der Waals surface area contributed by atoms with Crippen LogP contribution in [0.1, 0.15) is 70.9 Å². The lowest BCUT2D eigenvalue weighted by Crippen LogP contribution is -2.47. The number of carbonyl (C=O) groups is 2. The zero-order valence-corrected chi connectivity index (χ0v) is 20.2. The molecule has 0 unspecified atom stereocenters. The van der Waals surface area contributed by atoms with Crippen LogP contribution in [0.15, 0.2) is 12.1 Å². The molecule has 4 heterocycles. The van der Waals surface area contributed by atoms with Crippen LogP contribution in [0.25, 0.3) is 0 Å². The van der Waals surface area contributed by atoms with E-state index >= 15 is 0 Å². The van der Waals surface area contributed by atoms with Crippen molar-refractivity contribution in [3.63, 3.8) is 0 Å². The second kappa shape index (κ2) is 9.94. The van der Waals surface area contributed by atoms with E-state index in [1.807, 2.05) is 4.90 Å². The fourth-order valence-corrected chi connectivity index (χ4v) is 5.66. The van der Waals surface area contributed by atoms with Gasteiger partial charge in [0.1, 0.15) is 0 Å². The van der Waals surface area contributed by atoms with E-state index in [0.717, 1.165) is 44.1 Å². The molecule has 2 aromatic rings. The normalized spacial score (nSPS) is 19.2. The highest BCUT2D eigenvalue weighted by atomic mass is 19.4. The molecule has 2 saturated heterocycles. The Labute approximate surface area is 210 Å². The van der Waals surface area contributed by atoms with Gasteiger partial charge in [-0.05, 0) is 49.7 Å². The molecule has 0 saturated carbocycles. The van der Waals surface area contributed by atoms with Crippen LogP contribution in [0.3, 0.4) is 0 Å². The number of aromatic nitrogens is 2. The van der Waals surface area contributed by atoms with Crippen molar-refractivity contribution in [1.29, 1.82) is 0 Å². The minimum Gasteiger partial charge on any atom is -0.337 e. The summed E-state index contributed by atoms with van der Waals surface area (Å²) in [5.74, 6) is -4.46. The first kappa shape index (κ1) is 25.5.